The van der Waals surface area contributed by atoms with Gasteiger partial charge in [0.05, 0.1) is 11.7 Å². The minimum absolute atomic E-state index is 0.0460. The predicted molar refractivity (Wildman–Crippen MR) is 61.9 cm³/mol. The number of likely N-dealkylation sites (tertiary alicyclic amines) is 1. The van der Waals surface area contributed by atoms with Gasteiger partial charge in [0.25, 0.3) is 0 Å². The summed E-state index contributed by atoms with van der Waals surface area (Å²) in [6.45, 7) is 5.89. The largest absolute Gasteiger partial charge is 0.549 e. The highest BCUT2D eigenvalue weighted by molar-refractivity contribution is 8.00. The molecule has 0 spiro atoms. The summed E-state index contributed by atoms with van der Waals surface area (Å²) in [6.07, 6.45) is 1.16. The molecular weight excluding hydrogens is 226 g/mol. The average molecular weight is 244 g/mol. The Morgan fingerprint density at radius 1 is 1.25 bits per heavy atom. The first kappa shape index (κ1) is 13.4. The molecule has 4 nitrogen and oxygen atoms in total. The van der Waals surface area contributed by atoms with Crippen LogP contribution in [-0.2, 0) is 9.59 Å². The van der Waals surface area contributed by atoms with Crippen LogP contribution in [-0.4, -0.2) is 41.4 Å². The highest BCUT2D eigenvalue weighted by Gasteiger charge is 2.24. The van der Waals surface area contributed by atoms with Crippen molar-refractivity contribution >= 4 is 23.6 Å². The van der Waals surface area contributed by atoms with Crippen LogP contribution < -0.4 is 5.11 Å². The summed E-state index contributed by atoms with van der Waals surface area (Å²) < 4.78 is 0. The van der Waals surface area contributed by atoms with E-state index in [1.807, 2.05) is 4.90 Å². The summed E-state index contributed by atoms with van der Waals surface area (Å²) >= 11 is 1.11. The number of carboxylic acids is 1. The smallest absolute Gasteiger partial charge is 0.232 e. The molecule has 2 atom stereocenters. The van der Waals surface area contributed by atoms with Crippen LogP contribution in [0.3, 0.4) is 0 Å². The Balaban J connectivity index is 2.32. The zero-order valence-electron chi connectivity index (χ0n) is 9.77. The van der Waals surface area contributed by atoms with Crippen molar-refractivity contribution in [2.45, 2.75) is 20.3 Å². The summed E-state index contributed by atoms with van der Waals surface area (Å²) in [5, 5.41) is 10.2. The number of hydrogen-bond donors (Lipinski definition) is 0. The Hall–Kier alpha value is -0.710. The number of thioether (sulfide) groups is 1. The molecule has 0 aromatic carbocycles. The van der Waals surface area contributed by atoms with Gasteiger partial charge < -0.3 is 14.8 Å². The summed E-state index contributed by atoms with van der Waals surface area (Å²) in [6, 6.07) is 0. The van der Waals surface area contributed by atoms with E-state index in [2.05, 4.69) is 13.8 Å². The number of carbonyl (C=O) groups is 2. The van der Waals surface area contributed by atoms with Crippen molar-refractivity contribution in [2.75, 3.05) is 24.6 Å². The van der Waals surface area contributed by atoms with E-state index >= 15 is 0 Å². The minimum Gasteiger partial charge on any atom is -0.549 e. The first-order valence-electron chi connectivity index (χ1n) is 5.54. The van der Waals surface area contributed by atoms with Crippen LogP contribution in [0, 0.1) is 11.8 Å². The van der Waals surface area contributed by atoms with Crippen molar-refractivity contribution in [2.24, 2.45) is 11.8 Å². The first-order valence-corrected chi connectivity index (χ1v) is 6.70. The summed E-state index contributed by atoms with van der Waals surface area (Å²) in [7, 11) is 0. The van der Waals surface area contributed by atoms with Gasteiger partial charge in [-0.1, -0.05) is 13.8 Å². The van der Waals surface area contributed by atoms with Crippen LogP contribution in [0.25, 0.3) is 0 Å². The van der Waals surface area contributed by atoms with E-state index in [4.69, 9.17) is 0 Å². The Labute approximate surface area is 100 Å². The van der Waals surface area contributed by atoms with Gasteiger partial charge in [0.2, 0.25) is 5.91 Å². The second kappa shape index (κ2) is 6.13. The molecule has 0 bridgehead atoms. The Bertz CT molecular complexity index is 260. The van der Waals surface area contributed by atoms with Crippen molar-refractivity contribution in [3.63, 3.8) is 0 Å². The van der Waals surface area contributed by atoms with Gasteiger partial charge >= 0.3 is 0 Å². The van der Waals surface area contributed by atoms with Gasteiger partial charge in [-0.15, -0.1) is 11.8 Å². The molecule has 0 saturated carbocycles. The number of rotatable bonds is 4. The molecule has 0 aromatic rings. The molecule has 1 aliphatic rings. The fourth-order valence-electron chi connectivity index (χ4n) is 2.18. The van der Waals surface area contributed by atoms with E-state index in [-0.39, 0.29) is 17.4 Å². The average Bonchev–Trinajstić information content (AvgIpc) is 2.15. The molecule has 1 saturated heterocycles. The molecule has 1 aliphatic heterocycles. The normalized spacial score (nSPS) is 25.5. The fraction of sp³-hybridized carbons (Fsp3) is 0.818. The molecule has 2 unspecified atom stereocenters. The van der Waals surface area contributed by atoms with Gasteiger partial charge in [-0.05, 0) is 18.3 Å². The third kappa shape index (κ3) is 4.43. The topological polar surface area (TPSA) is 60.4 Å². The lowest BCUT2D eigenvalue weighted by Crippen LogP contribution is -2.43. The molecule has 0 aromatic heterocycles. The third-order valence-electron chi connectivity index (χ3n) is 2.67. The van der Waals surface area contributed by atoms with Crippen LogP contribution in [0.4, 0.5) is 0 Å². The Morgan fingerprint density at radius 2 is 1.81 bits per heavy atom. The number of aliphatic carboxylic acids is 1. The second-order valence-corrected chi connectivity index (χ2v) is 5.60. The number of carbonyl (C=O) groups excluding carboxylic acids is 2. The van der Waals surface area contributed by atoms with E-state index in [1.54, 1.807) is 0 Å². The predicted octanol–water partition coefficient (Wildman–Crippen LogP) is -0.0260. The maximum Gasteiger partial charge on any atom is 0.232 e. The van der Waals surface area contributed by atoms with E-state index in [9.17, 15) is 14.7 Å². The van der Waals surface area contributed by atoms with Gasteiger partial charge in [0, 0.05) is 18.8 Å². The standard InChI is InChI=1S/C11H19NO3S/c1-8-3-9(2)5-12(4-8)10(13)6-16-7-11(14)15/h8-9H,3-7H2,1-2H3,(H,14,15)/p-1. The summed E-state index contributed by atoms with van der Waals surface area (Å²) in [5.41, 5.74) is 0. The van der Waals surface area contributed by atoms with E-state index in [0.717, 1.165) is 31.3 Å². The maximum atomic E-state index is 11.8. The summed E-state index contributed by atoms with van der Waals surface area (Å²) in [5.74, 6) is 0.151. The highest BCUT2D eigenvalue weighted by atomic mass is 32.2. The quantitative estimate of drug-likeness (QED) is 0.697. The van der Waals surface area contributed by atoms with E-state index in [1.165, 1.54) is 0 Å². The van der Waals surface area contributed by atoms with Gasteiger partial charge in [-0.3, -0.25) is 4.79 Å². The van der Waals surface area contributed by atoms with E-state index < -0.39 is 5.97 Å². The van der Waals surface area contributed by atoms with Crippen LogP contribution in [0.5, 0.6) is 0 Å². The van der Waals surface area contributed by atoms with Crippen LogP contribution in [0.1, 0.15) is 20.3 Å². The number of carboxylic acid groups (broad SMARTS) is 1. The minimum atomic E-state index is -1.11. The van der Waals surface area contributed by atoms with Gasteiger partial charge in [-0.25, -0.2) is 0 Å². The SMILES string of the molecule is CC1CC(C)CN(C(=O)CSCC(=O)[O-])C1. The number of hydrogen-bond acceptors (Lipinski definition) is 4. The van der Waals surface area contributed by atoms with E-state index in [0.29, 0.717) is 11.8 Å². The van der Waals surface area contributed by atoms with Crippen molar-refractivity contribution in [1.82, 2.24) is 4.90 Å². The molecular formula is C11H18NO3S-. The van der Waals surface area contributed by atoms with Crippen molar-refractivity contribution in [3.8, 4) is 0 Å². The van der Waals surface area contributed by atoms with Crippen molar-refractivity contribution in [3.05, 3.63) is 0 Å². The second-order valence-electron chi connectivity index (χ2n) is 4.61. The molecule has 1 rings (SSSR count). The third-order valence-corrected chi connectivity index (χ3v) is 3.56. The molecule has 16 heavy (non-hydrogen) atoms. The first-order chi connectivity index (χ1) is 7.49. The van der Waals surface area contributed by atoms with Crippen LogP contribution in [0.15, 0.2) is 0 Å². The molecule has 0 N–H and O–H groups in total. The molecule has 1 heterocycles. The van der Waals surface area contributed by atoms with Gasteiger partial charge in [0.1, 0.15) is 0 Å². The number of nitrogens with zero attached hydrogens (tertiary/aromatic N) is 1. The van der Waals surface area contributed by atoms with Crippen molar-refractivity contribution in [1.29, 1.82) is 0 Å². The molecule has 5 heteroatoms. The zero-order chi connectivity index (χ0) is 12.1. The molecule has 1 amide bonds. The maximum absolute atomic E-state index is 11.8. The lowest BCUT2D eigenvalue weighted by molar-refractivity contribution is -0.301. The Kier molecular flexibility index (Phi) is 5.12. The molecule has 0 aliphatic carbocycles. The van der Waals surface area contributed by atoms with Crippen LogP contribution in [0.2, 0.25) is 0 Å². The highest BCUT2D eigenvalue weighted by Crippen LogP contribution is 2.21. The zero-order valence-corrected chi connectivity index (χ0v) is 10.6. The van der Waals surface area contributed by atoms with Crippen molar-refractivity contribution < 1.29 is 14.7 Å². The molecule has 92 valence electrons. The molecule has 0 radical (unpaired) electrons. The number of amides is 1. The fourth-order valence-corrected chi connectivity index (χ4v) is 2.81. The monoisotopic (exact) mass is 244 g/mol. The lowest BCUT2D eigenvalue weighted by atomic mass is 9.92. The Morgan fingerprint density at radius 3 is 2.31 bits per heavy atom. The summed E-state index contributed by atoms with van der Waals surface area (Å²) in [4.78, 5) is 23.8. The van der Waals surface area contributed by atoms with Gasteiger partial charge in [0.15, 0.2) is 0 Å². The molecule has 1 fully saturated rings. The van der Waals surface area contributed by atoms with Crippen LogP contribution >= 0.6 is 11.8 Å². The lowest BCUT2D eigenvalue weighted by Gasteiger charge is -2.35. The van der Waals surface area contributed by atoms with Gasteiger partial charge in [-0.2, -0.15) is 0 Å². The number of piperidine rings is 1.